The van der Waals surface area contributed by atoms with Gasteiger partial charge in [0.1, 0.15) is 12.1 Å². The second kappa shape index (κ2) is 20.9. The molecule has 0 saturated carbocycles. The van der Waals surface area contributed by atoms with Crippen molar-refractivity contribution in [2.24, 2.45) is 0 Å². The van der Waals surface area contributed by atoms with Crippen molar-refractivity contribution < 1.29 is 62.5 Å². The largest absolute Gasteiger partial charge is 0.481 e. The summed E-state index contributed by atoms with van der Waals surface area (Å²) in [5, 5.41) is 36.8. The molecule has 46 heavy (non-hydrogen) atoms. The van der Waals surface area contributed by atoms with Gasteiger partial charge in [0.2, 0.25) is 17.8 Å². The number of amides is 3. The summed E-state index contributed by atoms with van der Waals surface area (Å²) in [6.07, 6.45) is 1.85. The second-order valence-electron chi connectivity index (χ2n) is 10.3. The third-order valence-electron chi connectivity index (χ3n) is 6.37. The Labute approximate surface area is 264 Å². The monoisotopic (exact) mass is 677 g/mol. The SMILES string of the molecule is C[C@H](CCCOP(=O)(O)N[C@@H](CCC(=O)O)C(=O)O)NC(=O)CC[C@H](NC(=O)CCCCCNC(=O)c1ccc(F)nc1)C(=O)O. The molecule has 0 aromatic carbocycles. The van der Waals surface area contributed by atoms with Crippen LogP contribution in [0.25, 0.3) is 0 Å². The first-order valence-corrected chi connectivity index (χ1v) is 16.1. The third-order valence-corrected chi connectivity index (χ3v) is 7.54. The minimum Gasteiger partial charge on any atom is -0.481 e. The number of halogens is 1. The van der Waals surface area contributed by atoms with Crippen LogP contribution in [-0.4, -0.2) is 92.1 Å². The fourth-order valence-electron chi connectivity index (χ4n) is 3.94. The number of hydrogen-bond acceptors (Lipinski definition) is 9. The summed E-state index contributed by atoms with van der Waals surface area (Å²) in [6.45, 7) is 1.68. The van der Waals surface area contributed by atoms with Crippen molar-refractivity contribution in [2.75, 3.05) is 13.2 Å². The van der Waals surface area contributed by atoms with Crippen LogP contribution < -0.4 is 21.0 Å². The number of carboxylic acid groups (broad SMARTS) is 3. The maximum atomic E-state index is 12.8. The van der Waals surface area contributed by atoms with E-state index < -0.39 is 80.3 Å². The molecule has 0 aliphatic carbocycles. The molecule has 1 aromatic rings. The molecule has 0 aliphatic rings. The lowest BCUT2D eigenvalue weighted by atomic mass is 10.1. The van der Waals surface area contributed by atoms with E-state index in [1.807, 2.05) is 5.09 Å². The lowest BCUT2D eigenvalue weighted by molar-refractivity contribution is -0.142. The van der Waals surface area contributed by atoms with Gasteiger partial charge in [0.25, 0.3) is 5.91 Å². The molecule has 0 bridgehead atoms. The van der Waals surface area contributed by atoms with E-state index in [0.717, 1.165) is 12.3 Å². The van der Waals surface area contributed by atoms with Crippen LogP contribution in [0.1, 0.15) is 81.5 Å². The highest BCUT2D eigenvalue weighted by atomic mass is 31.2. The van der Waals surface area contributed by atoms with Crippen LogP contribution in [0.5, 0.6) is 0 Å². The fourth-order valence-corrected chi connectivity index (χ4v) is 5.03. The topological polar surface area (TPSA) is 271 Å². The van der Waals surface area contributed by atoms with E-state index in [-0.39, 0.29) is 37.9 Å². The summed E-state index contributed by atoms with van der Waals surface area (Å²) in [5.74, 6) is -6.18. The Morgan fingerprint density at radius 3 is 2.13 bits per heavy atom. The van der Waals surface area contributed by atoms with Crippen LogP contribution in [0.4, 0.5) is 4.39 Å². The Bertz CT molecular complexity index is 1240. The Morgan fingerprint density at radius 1 is 0.870 bits per heavy atom. The number of pyridine rings is 1. The number of unbranched alkanes of at least 4 members (excludes halogenated alkanes) is 2. The number of aromatic nitrogens is 1. The molecule has 0 aliphatic heterocycles. The van der Waals surface area contributed by atoms with Gasteiger partial charge in [-0.25, -0.2) is 19.4 Å². The van der Waals surface area contributed by atoms with E-state index in [9.17, 15) is 47.7 Å². The van der Waals surface area contributed by atoms with E-state index in [2.05, 4.69) is 20.9 Å². The molecule has 258 valence electrons. The predicted molar refractivity (Wildman–Crippen MR) is 158 cm³/mol. The van der Waals surface area contributed by atoms with Gasteiger partial charge in [-0.05, 0) is 57.6 Å². The zero-order valence-corrected chi connectivity index (χ0v) is 26.2. The van der Waals surface area contributed by atoms with Gasteiger partial charge in [-0.1, -0.05) is 6.42 Å². The lowest BCUT2D eigenvalue weighted by Gasteiger charge is -2.19. The number of carbonyl (C=O) groups is 6. The molecule has 8 N–H and O–H groups in total. The molecule has 3 amide bonds. The van der Waals surface area contributed by atoms with Gasteiger partial charge < -0.3 is 36.2 Å². The first-order valence-electron chi connectivity index (χ1n) is 14.5. The quantitative estimate of drug-likeness (QED) is 0.0434. The molecular formula is C27H41FN5O12P. The van der Waals surface area contributed by atoms with Gasteiger partial charge in [-0.2, -0.15) is 4.39 Å². The normalized spacial score (nSPS) is 14.2. The Kier molecular flexibility index (Phi) is 18.2. The van der Waals surface area contributed by atoms with Crippen LogP contribution in [0.15, 0.2) is 18.3 Å². The number of carboxylic acids is 3. The molecule has 1 heterocycles. The summed E-state index contributed by atoms with van der Waals surface area (Å²) < 4.78 is 29.8. The molecule has 17 nitrogen and oxygen atoms in total. The van der Waals surface area contributed by atoms with Gasteiger partial charge in [0.05, 0.1) is 12.2 Å². The molecule has 0 saturated heterocycles. The molecule has 4 atom stereocenters. The standard InChI is InChI=1S/C27H41FN5O12P/c1-17(6-5-15-45-46(43,44)33-20(27(41)42)10-13-24(36)37)31-23(35)12-9-19(26(39)40)32-22(34)7-3-2-4-14-29-25(38)18-8-11-21(28)30-16-18/h8,11,16-17,19-20H,2-7,9-10,12-15H2,1H3,(H,29,38)(H,31,35)(H,32,34)(H,36,37)(H,39,40)(H,41,42)(H2,33,43,44)/t17-,19+,20+/m1/s1. The highest BCUT2D eigenvalue weighted by Gasteiger charge is 2.29. The average Bonchev–Trinajstić information content (AvgIpc) is 2.97. The Morgan fingerprint density at radius 2 is 1.52 bits per heavy atom. The highest BCUT2D eigenvalue weighted by Crippen LogP contribution is 2.38. The van der Waals surface area contributed by atoms with Crippen LogP contribution in [0.3, 0.4) is 0 Å². The van der Waals surface area contributed by atoms with Crippen molar-refractivity contribution in [3.8, 4) is 0 Å². The number of hydrogen-bond donors (Lipinski definition) is 8. The average molecular weight is 678 g/mol. The first-order chi connectivity index (χ1) is 21.6. The number of carbonyl (C=O) groups excluding carboxylic acids is 3. The maximum Gasteiger partial charge on any atom is 0.403 e. The van der Waals surface area contributed by atoms with E-state index in [0.29, 0.717) is 32.2 Å². The van der Waals surface area contributed by atoms with Crippen molar-refractivity contribution in [3.63, 3.8) is 0 Å². The Balaban J connectivity index is 2.28. The third kappa shape index (κ3) is 18.1. The smallest absolute Gasteiger partial charge is 0.403 e. The molecular weight excluding hydrogens is 636 g/mol. The zero-order valence-electron chi connectivity index (χ0n) is 25.3. The van der Waals surface area contributed by atoms with Gasteiger partial charge in [0, 0.05) is 38.0 Å². The fraction of sp³-hybridized carbons (Fsp3) is 0.593. The van der Waals surface area contributed by atoms with Crippen LogP contribution in [0.2, 0.25) is 0 Å². The molecule has 0 spiro atoms. The summed E-state index contributed by atoms with van der Waals surface area (Å²) in [7, 11) is -4.55. The van der Waals surface area contributed by atoms with Crippen LogP contribution in [0, 0.1) is 5.95 Å². The van der Waals surface area contributed by atoms with Gasteiger partial charge in [-0.15, -0.1) is 0 Å². The number of nitrogens with one attached hydrogen (secondary N) is 4. The first kappa shape index (κ1) is 40.0. The summed E-state index contributed by atoms with van der Waals surface area (Å²) in [5.41, 5.74) is 0.212. The molecule has 1 unspecified atom stereocenters. The molecule has 0 radical (unpaired) electrons. The Hall–Kier alpha value is -3.99. The van der Waals surface area contributed by atoms with Gasteiger partial charge in [-0.3, -0.25) is 28.5 Å². The number of rotatable bonds is 24. The molecule has 0 fully saturated rings. The van der Waals surface area contributed by atoms with E-state index in [1.165, 1.54) is 6.07 Å². The van der Waals surface area contributed by atoms with Crippen molar-refractivity contribution in [3.05, 3.63) is 29.8 Å². The summed E-state index contributed by atoms with van der Waals surface area (Å²) in [6, 6.07) is -0.951. The minimum absolute atomic E-state index is 0.0422. The minimum atomic E-state index is -4.55. The molecule has 1 rings (SSSR count). The highest BCUT2D eigenvalue weighted by molar-refractivity contribution is 7.50. The van der Waals surface area contributed by atoms with Crippen LogP contribution >= 0.6 is 7.75 Å². The number of aliphatic carboxylic acids is 3. The lowest BCUT2D eigenvalue weighted by Crippen LogP contribution is -2.42. The summed E-state index contributed by atoms with van der Waals surface area (Å²) in [4.78, 5) is 83.1. The summed E-state index contributed by atoms with van der Waals surface area (Å²) >= 11 is 0. The number of nitrogens with zero attached hydrogens (tertiary/aromatic N) is 1. The zero-order chi connectivity index (χ0) is 34.7. The van der Waals surface area contributed by atoms with Crippen molar-refractivity contribution in [2.45, 2.75) is 89.3 Å². The predicted octanol–water partition coefficient (Wildman–Crippen LogP) is 1.17. The van der Waals surface area contributed by atoms with E-state index >= 15 is 0 Å². The molecule has 19 heteroatoms. The van der Waals surface area contributed by atoms with Crippen molar-refractivity contribution >= 4 is 43.4 Å². The van der Waals surface area contributed by atoms with Crippen molar-refractivity contribution in [1.29, 1.82) is 0 Å². The molecule has 1 aromatic heterocycles. The second-order valence-corrected chi connectivity index (χ2v) is 11.9. The van der Waals surface area contributed by atoms with Gasteiger partial charge in [0.15, 0.2) is 0 Å². The van der Waals surface area contributed by atoms with Crippen LogP contribution in [-0.2, 0) is 33.1 Å². The van der Waals surface area contributed by atoms with Gasteiger partial charge >= 0.3 is 25.7 Å². The maximum absolute atomic E-state index is 12.8. The van der Waals surface area contributed by atoms with E-state index in [4.69, 9.17) is 14.7 Å². The van der Waals surface area contributed by atoms with Crippen molar-refractivity contribution in [1.82, 2.24) is 26.0 Å². The van der Waals surface area contributed by atoms with E-state index in [1.54, 1.807) is 6.92 Å².